The van der Waals surface area contributed by atoms with Crippen LogP contribution in [0.25, 0.3) is 0 Å². The van der Waals surface area contributed by atoms with Gasteiger partial charge in [0.2, 0.25) is 0 Å². The molecule has 0 aromatic heterocycles. The van der Waals surface area contributed by atoms with Crippen LogP contribution in [0.3, 0.4) is 0 Å². The lowest BCUT2D eigenvalue weighted by molar-refractivity contribution is -0.416. The molecule has 0 aliphatic rings. The van der Waals surface area contributed by atoms with Crippen molar-refractivity contribution >= 4 is 11.8 Å². The normalized spacial score (nSPS) is 15.0. The van der Waals surface area contributed by atoms with Gasteiger partial charge in [0.25, 0.3) is 0 Å². The van der Waals surface area contributed by atoms with Gasteiger partial charge in [-0.05, 0) is 0 Å². The fraction of sp³-hybridized carbons (Fsp3) is 0.714. The second-order valence-electron chi connectivity index (χ2n) is 3.40. The quantitative estimate of drug-likeness (QED) is 0.436. The van der Waals surface area contributed by atoms with Gasteiger partial charge in [-0.25, -0.2) is 0 Å². The molecule has 0 rings (SSSR count). The lowest BCUT2D eigenvalue weighted by Gasteiger charge is -2.36. The summed E-state index contributed by atoms with van der Waals surface area (Å²) in [5.74, 6) is -34.6. The summed E-state index contributed by atoms with van der Waals surface area (Å²) in [6.45, 7) is 0. The number of rotatable bonds is 5. The van der Waals surface area contributed by atoms with Crippen molar-refractivity contribution in [1.29, 1.82) is 0 Å². The van der Waals surface area contributed by atoms with E-state index in [1.54, 1.807) is 0 Å². The molecule has 0 aromatic rings. The van der Waals surface area contributed by atoms with Crippen LogP contribution in [-0.4, -0.2) is 41.7 Å². The highest BCUT2D eigenvalue weighted by molar-refractivity contribution is 6.36. The Morgan fingerprint density at radius 1 is 0.571 bits per heavy atom. The summed E-state index contributed by atoms with van der Waals surface area (Å²) >= 11 is 0. The van der Waals surface area contributed by atoms with Crippen LogP contribution in [0.4, 0.5) is 52.7 Å². The molecule has 14 heteroatoms. The molecule has 0 aliphatic heterocycles. The van der Waals surface area contributed by atoms with Crippen molar-refractivity contribution in [3.63, 3.8) is 0 Å². The van der Waals surface area contributed by atoms with E-state index in [1.165, 1.54) is 0 Å². The van der Waals surface area contributed by atoms with Crippen LogP contribution in [0.15, 0.2) is 0 Å². The highest BCUT2D eigenvalue weighted by atomic mass is 19.4. The Morgan fingerprint density at radius 3 is 1.14 bits per heavy atom. The van der Waals surface area contributed by atoms with Crippen LogP contribution in [0, 0.1) is 0 Å². The first kappa shape index (κ1) is 19.5. The van der Waals surface area contributed by atoms with E-state index in [9.17, 15) is 62.3 Å². The van der Waals surface area contributed by atoms with Crippen LogP contribution in [0.5, 0.6) is 0 Å². The molecular weight excluding hydrogens is 344 g/mol. The molecule has 0 heterocycles. The molecule has 0 saturated heterocycles. The van der Waals surface area contributed by atoms with Crippen LogP contribution in [0.1, 0.15) is 0 Å². The summed E-state index contributed by atoms with van der Waals surface area (Å²) in [5.41, 5.74) is 0. The third kappa shape index (κ3) is 2.54. The monoisotopic (exact) mass is 344 g/mol. The molecule has 0 aliphatic carbocycles. The van der Waals surface area contributed by atoms with Gasteiger partial charge in [-0.3, -0.25) is 9.59 Å². The number of alkyl halides is 11. The standard InChI is InChI=1S/C7F12O2/c8-2(21)1(20)3(9,10)4(11,12)5(13,14)6(15,16)7(17,18)19. The molecule has 0 amide bonds. The number of hydrogen-bond acceptors (Lipinski definition) is 2. The summed E-state index contributed by atoms with van der Waals surface area (Å²) in [6.07, 6.45) is -7.40. The molecule has 0 atom stereocenters. The van der Waals surface area contributed by atoms with Crippen molar-refractivity contribution in [2.24, 2.45) is 0 Å². The molecule has 21 heavy (non-hydrogen) atoms. The molecule has 2 nitrogen and oxygen atoms in total. The third-order valence-electron chi connectivity index (χ3n) is 2.00. The van der Waals surface area contributed by atoms with Gasteiger partial charge in [0.1, 0.15) is 0 Å². The number of hydrogen-bond donors (Lipinski definition) is 0. The average molecular weight is 344 g/mol. The number of carbonyl (C=O) groups excluding carboxylic acids is 2. The lowest BCUT2D eigenvalue weighted by atomic mass is 9.95. The summed E-state index contributed by atoms with van der Waals surface area (Å²) in [6, 6.07) is -3.94. The van der Waals surface area contributed by atoms with E-state index < -0.39 is 41.7 Å². The maximum Gasteiger partial charge on any atom is 0.460 e. The van der Waals surface area contributed by atoms with E-state index in [-0.39, 0.29) is 0 Å². The number of halogens is 12. The Bertz CT molecular complexity index is 447. The molecule has 0 bridgehead atoms. The Morgan fingerprint density at radius 2 is 0.905 bits per heavy atom. The molecule has 0 N–H and O–H groups in total. The van der Waals surface area contributed by atoms with Gasteiger partial charge >= 0.3 is 41.7 Å². The number of Topliss-reactive ketones (excluding diaryl/α,β-unsaturated/α-hetero) is 1. The first-order chi connectivity index (χ1) is 8.85. The molecule has 0 radical (unpaired) electrons. The van der Waals surface area contributed by atoms with Gasteiger partial charge in [-0.1, -0.05) is 0 Å². The van der Waals surface area contributed by atoms with E-state index in [2.05, 4.69) is 0 Å². The zero-order chi connectivity index (χ0) is 17.7. The Balaban J connectivity index is 6.13. The van der Waals surface area contributed by atoms with Crippen LogP contribution in [0.2, 0.25) is 0 Å². The molecule has 124 valence electrons. The Kier molecular flexibility index (Phi) is 4.42. The zero-order valence-corrected chi connectivity index (χ0v) is 8.85. The highest BCUT2D eigenvalue weighted by Gasteiger charge is 2.88. The van der Waals surface area contributed by atoms with E-state index in [0.717, 1.165) is 0 Å². The van der Waals surface area contributed by atoms with Crippen molar-refractivity contribution in [2.75, 3.05) is 0 Å². The minimum Gasteiger partial charge on any atom is -0.281 e. The topological polar surface area (TPSA) is 34.1 Å². The smallest absolute Gasteiger partial charge is 0.281 e. The van der Waals surface area contributed by atoms with Crippen LogP contribution >= 0.6 is 0 Å². The van der Waals surface area contributed by atoms with E-state index >= 15 is 0 Å². The summed E-state index contributed by atoms with van der Waals surface area (Å²) in [4.78, 5) is 19.5. The van der Waals surface area contributed by atoms with Crippen LogP contribution in [-0.2, 0) is 9.59 Å². The van der Waals surface area contributed by atoms with Gasteiger partial charge in [-0.2, -0.15) is 52.7 Å². The van der Waals surface area contributed by atoms with Gasteiger partial charge in [0.05, 0.1) is 0 Å². The largest absolute Gasteiger partial charge is 0.460 e. The lowest BCUT2D eigenvalue weighted by Crippen LogP contribution is -2.68. The number of carbonyl (C=O) groups is 2. The molecule has 0 spiro atoms. The highest BCUT2D eigenvalue weighted by Crippen LogP contribution is 2.57. The van der Waals surface area contributed by atoms with Gasteiger partial charge < -0.3 is 0 Å². The predicted octanol–water partition coefficient (Wildman–Crippen LogP) is 3.16. The van der Waals surface area contributed by atoms with Crippen LogP contribution < -0.4 is 0 Å². The molecule has 0 fully saturated rings. The van der Waals surface area contributed by atoms with E-state index in [4.69, 9.17) is 0 Å². The SMILES string of the molecule is O=C(F)C(=O)C(F)(F)C(F)(F)C(F)(F)C(F)(F)C(F)(F)F. The number of ketones is 1. The Labute approximate surface area is 105 Å². The fourth-order valence-corrected chi connectivity index (χ4v) is 0.838. The molecule has 0 saturated carbocycles. The van der Waals surface area contributed by atoms with Crippen molar-refractivity contribution in [1.82, 2.24) is 0 Å². The Hall–Kier alpha value is -1.50. The van der Waals surface area contributed by atoms with Crippen molar-refractivity contribution in [3.05, 3.63) is 0 Å². The van der Waals surface area contributed by atoms with Gasteiger partial charge in [-0.15, -0.1) is 0 Å². The summed E-state index contributed by atoms with van der Waals surface area (Å²) in [5, 5.41) is 0. The van der Waals surface area contributed by atoms with Gasteiger partial charge in [0.15, 0.2) is 0 Å². The minimum atomic E-state index is -7.85. The second kappa shape index (κ2) is 4.76. The fourth-order valence-electron chi connectivity index (χ4n) is 0.838. The van der Waals surface area contributed by atoms with Crippen molar-refractivity contribution in [3.8, 4) is 0 Å². The minimum absolute atomic E-state index is 3.94. The predicted molar refractivity (Wildman–Crippen MR) is 37.0 cm³/mol. The van der Waals surface area contributed by atoms with E-state index in [1.807, 2.05) is 0 Å². The van der Waals surface area contributed by atoms with E-state index in [0.29, 0.717) is 0 Å². The van der Waals surface area contributed by atoms with Crippen molar-refractivity contribution in [2.45, 2.75) is 29.9 Å². The summed E-state index contributed by atoms with van der Waals surface area (Å²) < 4.78 is 146. The zero-order valence-electron chi connectivity index (χ0n) is 8.85. The molecule has 0 unspecified atom stereocenters. The molecule has 0 aromatic carbocycles. The second-order valence-corrected chi connectivity index (χ2v) is 3.40. The first-order valence-corrected chi connectivity index (χ1v) is 4.18. The third-order valence-corrected chi connectivity index (χ3v) is 2.00. The van der Waals surface area contributed by atoms with Gasteiger partial charge in [0, 0.05) is 0 Å². The summed E-state index contributed by atoms with van der Waals surface area (Å²) in [7, 11) is 0. The molecular formula is C7F12O2. The van der Waals surface area contributed by atoms with Crippen molar-refractivity contribution < 1.29 is 62.3 Å². The maximum atomic E-state index is 12.6. The maximum absolute atomic E-state index is 12.6. The first-order valence-electron chi connectivity index (χ1n) is 4.18. The average Bonchev–Trinajstić information content (AvgIpc) is 2.25.